The van der Waals surface area contributed by atoms with Gasteiger partial charge in [-0.1, -0.05) is 57.9 Å². The maximum absolute atomic E-state index is 5.10. The molecule has 2 aliphatic carbocycles. The van der Waals surface area contributed by atoms with E-state index in [4.69, 9.17) is 9.97 Å². The molecule has 0 atom stereocenters. The molecule has 2 heterocycles. The number of aromatic nitrogens is 2. The van der Waals surface area contributed by atoms with Crippen molar-refractivity contribution in [2.24, 2.45) is 0 Å². The molecule has 2 aliphatic rings. The Morgan fingerprint density at radius 3 is 2.31 bits per heavy atom. The second kappa shape index (κ2) is 5.66. The number of hydrogen-bond donors (Lipinski definition) is 0. The van der Waals surface area contributed by atoms with Crippen LogP contribution in [0.1, 0.15) is 63.3 Å². The van der Waals surface area contributed by atoms with Gasteiger partial charge in [0.05, 0.1) is 11.2 Å². The Labute approximate surface area is 172 Å². The van der Waals surface area contributed by atoms with E-state index in [1.807, 2.05) is 6.20 Å². The minimum Gasteiger partial charge on any atom is -0.255 e. The van der Waals surface area contributed by atoms with Crippen LogP contribution >= 0.6 is 0 Å². The second-order valence-electron chi connectivity index (χ2n) is 9.89. The van der Waals surface area contributed by atoms with Gasteiger partial charge in [-0.25, -0.2) is 0 Å². The minimum atomic E-state index is 0.0254. The summed E-state index contributed by atoms with van der Waals surface area (Å²) in [5, 5.41) is 3.91. The van der Waals surface area contributed by atoms with E-state index in [9.17, 15) is 0 Å². The number of nitrogens with zero attached hydrogens (tertiary/aromatic N) is 2. The van der Waals surface area contributed by atoms with E-state index >= 15 is 0 Å². The molecule has 2 heteroatoms. The van der Waals surface area contributed by atoms with Crippen LogP contribution < -0.4 is 0 Å². The molecule has 0 amide bonds. The molecule has 6 rings (SSSR count). The molecule has 0 saturated heterocycles. The van der Waals surface area contributed by atoms with Gasteiger partial charge < -0.3 is 0 Å². The Hall–Kier alpha value is -2.74. The van der Waals surface area contributed by atoms with Crippen LogP contribution in [-0.4, -0.2) is 9.97 Å². The zero-order valence-corrected chi connectivity index (χ0v) is 17.4. The molecule has 2 nitrogen and oxygen atoms in total. The fourth-order valence-corrected chi connectivity index (χ4v) is 5.64. The molecular weight excluding hydrogens is 352 g/mol. The average molecular weight is 379 g/mol. The third-order valence-corrected chi connectivity index (χ3v) is 7.12. The summed E-state index contributed by atoms with van der Waals surface area (Å²) in [6.07, 6.45) is 6.95. The van der Waals surface area contributed by atoms with Crippen molar-refractivity contribution in [2.75, 3.05) is 0 Å². The van der Waals surface area contributed by atoms with Gasteiger partial charge in [-0.3, -0.25) is 9.97 Å². The molecule has 0 aliphatic heterocycles. The largest absolute Gasteiger partial charge is 0.255 e. The first kappa shape index (κ1) is 17.1. The van der Waals surface area contributed by atoms with Gasteiger partial charge in [-0.05, 0) is 59.0 Å². The third-order valence-electron chi connectivity index (χ3n) is 7.12. The molecule has 2 aromatic carbocycles. The normalized spacial score (nSPS) is 17.2. The smallest absolute Gasteiger partial charge is 0.0802 e. The lowest BCUT2D eigenvalue weighted by Gasteiger charge is -2.38. The maximum Gasteiger partial charge on any atom is 0.0802 e. The summed E-state index contributed by atoms with van der Waals surface area (Å²) in [5.74, 6) is 0. The first-order chi connectivity index (χ1) is 14.0. The summed E-state index contributed by atoms with van der Waals surface area (Å²) in [6, 6.07) is 18.1. The van der Waals surface area contributed by atoms with Crippen molar-refractivity contribution >= 4 is 21.7 Å². The summed E-state index contributed by atoms with van der Waals surface area (Å²) < 4.78 is 0. The van der Waals surface area contributed by atoms with Crippen molar-refractivity contribution in [2.45, 2.75) is 57.3 Å². The molecule has 1 spiro atoms. The number of pyridine rings is 2. The molecular formula is C27H26N2. The summed E-state index contributed by atoms with van der Waals surface area (Å²) in [6.45, 7) is 6.80. The van der Waals surface area contributed by atoms with Crippen molar-refractivity contribution in [1.82, 2.24) is 9.97 Å². The quantitative estimate of drug-likeness (QED) is 0.332. The molecule has 2 aromatic heterocycles. The first-order valence-electron chi connectivity index (χ1n) is 10.8. The van der Waals surface area contributed by atoms with E-state index in [1.54, 1.807) is 0 Å². The van der Waals surface area contributed by atoms with Crippen LogP contribution in [-0.2, 0) is 10.8 Å². The van der Waals surface area contributed by atoms with E-state index in [1.165, 1.54) is 64.2 Å². The van der Waals surface area contributed by atoms with Crippen LogP contribution in [0.3, 0.4) is 0 Å². The van der Waals surface area contributed by atoms with E-state index in [0.29, 0.717) is 0 Å². The molecule has 144 valence electrons. The number of rotatable bonds is 0. The summed E-state index contributed by atoms with van der Waals surface area (Å²) >= 11 is 0. The minimum absolute atomic E-state index is 0.0254. The topological polar surface area (TPSA) is 25.8 Å². The fraction of sp³-hybridized carbons (Fsp3) is 0.333. The molecule has 1 saturated carbocycles. The fourth-order valence-electron chi connectivity index (χ4n) is 5.64. The lowest BCUT2D eigenvalue weighted by molar-refractivity contribution is 0.528. The molecule has 29 heavy (non-hydrogen) atoms. The molecule has 0 unspecified atom stereocenters. The van der Waals surface area contributed by atoms with Gasteiger partial charge in [0.1, 0.15) is 0 Å². The van der Waals surface area contributed by atoms with Crippen molar-refractivity contribution in [3.05, 3.63) is 71.5 Å². The first-order valence-corrected chi connectivity index (χ1v) is 10.8. The van der Waals surface area contributed by atoms with E-state index in [-0.39, 0.29) is 10.8 Å². The van der Waals surface area contributed by atoms with Gasteiger partial charge in [0, 0.05) is 33.7 Å². The van der Waals surface area contributed by atoms with Crippen LogP contribution in [0, 0.1) is 0 Å². The van der Waals surface area contributed by atoms with Gasteiger partial charge in [-0.2, -0.15) is 0 Å². The van der Waals surface area contributed by atoms with Crippen LogP contribution in [0.15, 0.2) is 54.7 Å². The van der Waals surface area contributed by atoms with Crippen LogP contribution in [0.2, 0.25) is 0 Å². The van der Waals surface area contributed by atoms with Gasteiger partial charge in [-0.15, -0.1) is 0 Å². The summed E-state index contributed by atoms with van der Waals surface area (Å²) in [4.78, 5) is 9.99. The molecule has 0 bridgehead atoms. The Morgan fingerprint density at radius 1 is 0.862 bits per heavy atom. The van der Waals surface area contributed by atoms with Crippen molar-refractivity contribution in [3.8, 4) is 11.3 Å². The highest BCUT2D eigenvalue weighted by molar-refractivity contribution is 6.03. The molecule has 0 N–H and O–H groups in total. The maximum atomic E-state index is 5.10. The van der Waals surface area contributed by atoms with Crippen molar-refractivity contribution in [3.63, 3.8) is 0 Å². The molecule has 0 radical (unpaired) electrons. The van der Waals surface area contributed by atoms with Gasteiger partial charge in [0.15, 0.2) is 0 Å². The Bertz CT molecular complexity index is 1290. The SMILES string of the molecule is CC(C)(C)c1cc2c3c(nccc3n1)-c1cc3ccccc3cc1C21CCCC1. The van der Waals surface area contributed by atoms with Gasteiger partial charge in [0.2, 0.25) is 0 Å². The predicted octanol–water partition coefficient (Wildman–Crippen LogP) is 6.92. The second-order valence-corrected chi connectivity index (χ2v) is 9.89. The summed E-state index contributed by atoms with van der Waals surface area (Å²) in [7, 11) is 0. The predicted molar refractivity (Wildman–Crippen MR) is 120 cm³/mol. The summed E-state index contributed by atoms with van der Waals surface area (Å²) in [5.41, 5.74) is 7.78. The number of fused-ring (bicyclic) bond motifs is 5. The van der Waals surface area contributed by atoms with Crippen molar-refractivity contribution < 1.29 is 0 Å². The lowest BCUT2D eigenvalue weighted by atomic mass is 9.65. The van der Waals surface area contributed by atoms with Crippen LogP contribution in [0.4, 0.5) is 0 Å². The Morgan fingerprint density at radius 2 is 1.59 bits per heavy atom. The Kier molecular flexibility index (Phi) is 3.35. The Balaban J connectivity index is 1.80. The van der Waals surface area contributed by atoms with E-state index in [0.717, 1.165) is 11.2 Å². The average Bonchev–Trinajstić information content (AvgIpc) is 3.20. The number of hydrogen-bond acceptors (Lipinski definition) is 2. The van der Waals surface area contributed by atoms with Gasteiger partial charge >= 0.3 is 0 Å². The highest BCUT2D eigenvalue weighted by atomic mass is 14.8. The van der Waals surface area contributed by atoms with Crippen LogP contribution in [0.5, 0.6) is 0 Å². The molecule has 4 aromatic rings. The zero-order chi connectivity index (χ0) is 19.8. The van der Waals surface area contributed by atoms with Gasteiger partial charge in [0.25, 0.3) is 0 Å². The third kappa shape index (κ3) is 2.29. The standard InChI is InChI=1S/C27H26N2/c1-26(2,3)23-16-21-24-22(29-23)10-13-28-25(24)19-14-17-8-4-5-9-18(17)15-20(19)27(21)11-6-7-12-27/h4-5,8-10,13-16H,6-7,11-12H2,1-3H3. The monoisotopic (exact) mass is 378 g/mol. The van der Waals surface area contributed by atoms with Crippen LogP contribution in [0.25, 0.3) is 32.9 Å². The zero-order valence-electron chi connectivity index (χ0n) is 17.4. The highest BCUT2D eigenvalue weighted by Gasteiger charge is 2.44. The lowest BCUT2D eigenvalue weighted by Crippen LogP contribution is -2.29. The van der Waals surface area contributed by atoms with Crippen molar-refractivity contribution in [1.29, 1.82) is 0 Å². The highest BCUT2D eigenvalue weighted by Crippen LogP contribution is 2.56. The van der Waals surface area contributed by atoms with E-state index < -0.39 is 0 Å². The van der Waals surface area contributed by atoms with E-state index in [2.05, 4.69) is 69.3 Å². The molecule has 1 fully saturated rings. The number of benzene rings is 2.